The molecule has 0 atom stereocenters. The van der Waals surface area contributed by atoms with Crippen LogP contribution in [0.3, 0.4) is 0 Å². The highest BCUT2D eigenvalue weighted by molar-refractivity contribution is 14.0. The molecule has 9 heteroatoms. The van der Waals surface area contributed by atoms with Gasteiger partial charge in [-0.15, -0.1) is 35.3 Å². The van der Waals surface area contributed by atoms with Gasteiger partial charge in [0, 0.05) is 42.5 Å². The molecule has 1 fully saturated rings. The molecule has 0 bridgehead atoms. The summed E-state index contributed by atoms with van der Waals surface area (Å²) in [5.74, 6) is 1.36. The molecule has 2 rings (SSSR count). The monoisotopic (exact) mass is 486 g/mol. The number of thiophene rings is 1. The first-order valence-corrected chi connectivity index (χ1v) is 10.6. The van der Waals surface area contributed by atoms with Crippen LogP contribution in [0.5, 0.6) is 0 Å². The molecule has 24 heavy (non-hydrogen) atoms. The molecule has 0 unspecified atom stereocenters. The van der Waals surface area contributed by atoms with Gasteiger partial charge in [0.25, 0.3) is 0 Å². The Morgan fingerprint density at radius 2 is 2.00 bits per heavy atom. The van der Waals surface area contributed by atoms with Crippen LogP contribution in [-0.4, -0.2) is 63.5 Å². The molecule has 0 aliphatic carbocycles. The third-order valence-electron chi connectivity index (χ3n) is 3.69. The van der Waals surface area contributed by atoms with Crippen molar-refractivity contribution in [2.24, 2.45) is 4.99 Å². The highest BCUT2D eigenvalue weighted by atomic mass is 127. The van der Waals surface area contributed by atoms with Crippen LogP contribution in [0.4, 0.5) is 0 Å². The first kappa shape index (κ1) is 21.7. The second-order valence-electron chi connectivity index (χ2n) is 5.63. The fourth-order valence-corrected chi connectivity index (χ4v) is 4.47. The lowest BCUT2D eigenvalue weighted by Crippen LogP contribution is -2.45. The van der Waals surface area contributed by atoms with E-state index >= 15 is 0 Å². The van der Waals surface area contributed by atoms with Gasteiger partial charge in [0.2, 0.25) is 0 Å². The van der Waals surface area contributed by atoms with Crippen LogP contribution in [0.15, 0.2) is 17.1 Å². The Hall–Kier alpha value is -0.390. The van der Waals surface area contributed by atoms with Gasteiger partial charge in [-0.3, -0.25) is 4.90 Å². The van der Waals surface area contributed by atoms with Crippen LogP contribution < -0.4 is 10.6 Å². The zero-order valence-electron chi connectivity index (χ0n) is 14.2. The van der Waals surface area contributed by atoms with Crippen molar-refractivity contribution < 1.29 is 8.42 Å². The van der Waals surface area contributed by atoms with Crippen molar-refractivity contribution in [3.63, 3.8) is 0 Å². The lowest BCUT2D eigenvalue weighted by molar-refractivity contribution is 0.299. The predicted molar refractivity (Wildman–Crippen MR) is 112 cm³/mol. The molecular formula is C15H27IN4O2S2. The SMILES string of the molecule is CCNC(=NCc1ccc(C)s1)NCCN1CCS(=O)(=O)CC1.I. The van der Waals surface area contributed by atoms with Gasteiger partial charge in [-0.25, -0.2) is 13.4 Å². The van der Waals surface area contributed by atoms with Crippen LogP contribution in [0.2, 0.25) is 0 Å². The number of halogens is 1. The van der Waals surface area contributed by atoms with Crippen molar-refractivity contribution in [1.82, 2.24) is 15.5 Å². The maximum absolute atomic E-state index is 11.4. The van der Waals surface area contributed by atoms with Crippen LogP contribution in [0, 0.1) is 6.92 Å². The minimum Gasteiger partial charge on any atom is -0.357 e. The normalized spacial score (nSPS) is 18.0. The Bertz CT molecular complexity index is 617. The molecule has 138 valence electrons. The molecule has 1 aliphatic rings. The second kappa shape index (κ2) is 10.6. The minimum atomic E-state index is -2.80. The number of hydrogen-bond acceptors (Lipinski definition) is 5. The van der Waals surface area contributed by atoms with Gasteiger partial charge >= 0.3 is 0 Å². The highest BCUT2D eigenvalue weighted by Crippen LogP contribution is 2.15. The fourth-order valence-electron chi connectivity index (χ4n) is 2.38. The summed E-state index contributed by atoms with van der Waals surface area (Å²) in [6.45, 7) is 8.49. The van der Waals surface area contributed by atoms with Crippen molar-refractivity contribution in [2.75, 3.05) is 44.2 Å². The summed E-state index contributed by atoms with van der Waals surface area (Å²) in [4.78, 5) is 9.32. The number of nitrogens with zero attached hydrogens (tertiary/aromatic N) is 2. The molecule has 2 heterocycles. The molecule has 0 amide bonds. The summed E-state index contributed by atoms with van der Waals surface area (Å²) in [6, 6.07) is 4.22. The molecule has 6 nitrogen and oxygen atoms in total. The summed E-state index contributed by atoms with van der Waals surface area (Å²) in [5, 5.41) is 6.56. The van der Waals surface area contributed by atoms with Crippen molar-refractivity contribution in [2.45, 2.75) is 20.4 Å². The smallest absolute Gasteiger partial charge is 0.191 e. The van der Waals surface area contributed by atoms with E-state index in [1.807, 2.05) is 6.92 Å². The van der Waals surface area contributed by atoms with E-state index in [0.29, 0.717) is 19.6 Å². The third kappa shape index (κ3) is 7.66. The van der Waals surface area contributed by atoms with E-state index in [0.717, 1.165) is 25.6 Å². The number of nitrogens with one attached hydrogen (secondary N) is 2. The van der Waals surface area contributed by atoms with Crippen LogP contribution in [-0.2, 0) is 16.4 Å². The number of hydrogen-bond donors (Lipinski definition) is 2. The largest absolute Gasteiger partial charge is 0.357 e. The van der Waals surface area contributed by atoms with E-state index in [4.69, 9.17) is 0 Å². The summed E-state index contributed by atoms with van der Waals surface area (Å²) < 4.78 is 22.8. The first-order chi connectivity index (χ1) is 11.0. The Morgan fingerprint density at radius 1 is 1.29 bits per heavy atom. The van der Waals surface area contributed by atoms with Gasteiger partial charge in [-0.2, -0.15) is 0 Å². The third-order valence-corrected chi connectivity index (χ3v) is 6.29. The summed E-state index contributed by atoms with van der Waals surface area (Å²) in [7, 11) is -2.80. The van der Waals surface area contributed by atoms with Gasteiger partial charge in [0.15, 0.2) is 15.8 Å². The molecule has 0 saturated carbocycles. The van der Waals surface area contributed by atoms with Crippen LogP contribution >= 0.6 is 35.3 Å². The van der Waals surface area contributed by atoms with Gasteiger partial charge in [0.1, 0.15) is 0 Å². The van der Waals surface area contributed by atoms with Gasteiger partial charge in [-0.05, 0) is 26.0 Å². The van der Waals surface area contributed by atoms with E-state index in [2.05, 4.69) is 39.6 Å². The molecule has 2 N–H and O–H groups in total. The molecule has 0 aromatic carbocycles. The van der Waals surface area contributed by atoms with Crippen molar-refractivity contribution >= 4 is 51.1 Å². The Labute approximate surface area is 166 Å². The van der Waals surface area contributed by atoms with E-state index < -0.39 is 9.84 Å². The molecule has 1 saturated heterocycles. The topological polar surface area (TPSA) is 73.8 Å². The molecular weight excluding hydrogens is 459 g/mol. The summed E-state index contributed by atoms with van der Waals surface area (Å²) in [6.07, 6.45) is 0. The number of guanidine groups is 1. The van der Waals surface area contributed by atoms with E-state index in [1.54, 1.807) is 11.3 Å². The maximum atomic E-state index is 11.4. The van der Waals surface area contributed by atoms with Gasteiger partial charge in [-0.1, -0.05) is 0 Å². The van der Waals surface area contributed by atoms with E-state index in [1.165, 1.54) is 9.75 Å². The van der Waals surface area contributed by atoms with Gasteiger partial charge < -0.3 is 10.6 Å². The van der Waals surface area contributed by atoms with E-state index in [-0.39, 0.29) is 35.5 Å². The Morgan fingerprint density at radius 3 is 2.58 bits per heavy atom. The quantitative estimate of drug-likeness (QED) is 0.362. The number of aliphatic imine (C=N–C) groups is 1. The zero-order chi connectivity index (χ0) is 16.7. The number of rotatable bonds is 6. The van der Waals surface area contributed by atoms with Crippen molar-refractivity contribution in [3.05, 3.63) is 21.9 Å². The van der Waals surface area contributed by atoms with Crippen molar-refractivity contribution in [3.8, 4) is 0 Å². The van der Waals surface area contributed by atoms with Crippen LogP contribution in [0.1, 0.15) is 16.7 Å². The fraction of sp³-hybridized carbons (Fsp3) is 0.667. The average Bonchev–Trinajstić information content (AvgIpc) is 2.92. The zero-order valence-corrected chi connectivity index (χ0v) is 18.2. The second-order valence-corrected chi connectivity index (χ2v) is 9.30. The molecule has 1 aromatic rings. The lowest BCUT2D eigenvalue weighted by atomic mass is 10.4. The van der Waals surface area contributed by atoms with Gasteiger partial charge in [0.05, 0.1) is 18.1 Å². The highest BCUT2D eigenvalue weighted by Gasteiger charge is 2.20. The molecule has 0 spiro atoms. The lowest BCUT2D eigenvalue weighted by Gasteiger charge is -2.26. The summed E-state index contributed by atoms with van der Waals surface area (Å²) in [5.41, 5.74) is 0. The van der Waals surface area contributed by atoms with Crippen LogP contribution in [0.25, 0.3) is 0 Å². The predicted octanol–water partition coefficient (Wildman–Crippen LogP) is 1.46. The Balaban J connectivity index is 0.00000288. The Kier molecular flexibility index (Phi) is 9.53. The molecule has 0 radical (unpaired) electrons. The minimum absolute atomic E-state index is 0. The average molecular weight is 486 g/mol. The number of aryl methyl sites for hydroxylation is 1. The van der Waals surface area contributed by atoms with Crippen molar-refractivity contribution in [1.29, 1.82) is 0 Å². The maximum Gasteiger partial charge on any atom is 0.191 e. The van der Waals surface area contributed by atoms with E-state index in [9.17, 15) is 8.42 Å². The number of sulfone groups is 1. The molecule has 1 aliphatic heterocycles. The standard InChI is InChI=1S/C15H26N4O2S2.HI/c1-3-16-15(18-12-14-5-4-13(2)22-14)17-6-7-19-8-10-23(20,21)11-9-19;/h4-5H,3,6-12H2,1-2H3,(H2,16,17,18);1H. The molecule has 1 aromatic heterocycles. The summed E-state index contributed by atoms with van der Waals surface area (Å²) >= 11 is 1.77. The first-order valence-electron chi connectivity index (χ1n) is 7.99.